The van der Waals surface area contributed by atoms with Crippen LogP contribution in [0.5, 0.6) is 0 Å². The summed E-state index contributed by atoms with van der Waals surface area (Å²) in [6.07, 6.45) is 4.70. The van der Waals surface area contributed by atoms with Crippen LogP contribution in [-0.2, 0) is 32.5 Å². The zero-order chi connectivity index (χ0) is 47.5. The van der Waals surface area contributed by atoms with E-state index >= 15 is 0 Å². The number of nitrogens with zero attached hydrogens (tertiary/aromatic N) is 2. The molecular formula is C63H71BN2S. The van der Waals surface area contributed by atoms with Crippen molar-refractivity contribution in [2.75, 3.05) is 9.80 Å². The van der Waals surface area contributed by atoms with Crippen molar-refractivity contribution in [3.63, 3.8) is 0 Å². The third kappa shape index (κ3) is 6.84. The van der Waals surface area contributed by atoms with Gasteiger partial charge in [-0.2, -0.15) is 0 Å². The maximum absolute atomic E-state index is 2.76. The number of hydrogen-bond acceptors (Lipinski definition) is 3. The van der Waals surface area contributed by atoms with Crippen LogP contribution in [0, 0.1) is 6.92 Å². The Morgan fingerprint density at radius 1 is 0.507 bits per heavy atom. The Kier molecular flexibility index (Phi) is 9.61. The molecule has 2 aliphatic carbocycles. The smallest absolute Gasteiger partial charge is 0.264 e. The fraction of sp³-hybridized carbons (Fsp3) is 0.397. The molecule has 342 valence electrons. The number of fused-ring (bicyclic) bond motifs is 8. The van der Waals surface area contributed by atoms with E-state index in [1.165, 1.54) is 136 Å². The molecule has 4 aliphatic rings. The van der Waals surface area contributed by atoms with Gasteiger partial charge in [-0.1, -0.05) is 152 Å². The molecule has 0 fully saturated rings. The second-order valence-electron chi connectivity index (χ2n) is 25.7. The quantitative estimate of drug-likeness (QED) is 0.163. The number of hydrogen-bond donors (Lipinski definition) is 0. The zero-order valence-corrected chi connectivity index (χ0v) is 43.9. The van der Waals surface area contributed by atoms with Crippen molar-refractivity contribution >= 4 is 78.0 Å². The molecule has 2 aliphatic heterocycles. The van der Waals surface area contributed by atoms with Gasteiger partial charge in [-0.15, -0.1) is 11.3 Å². The Labute approximate surface area is 406 Å². The van der Waals surface area contributed by atoms with Gasteiger partial charge in [0.1, 0.15) is 0 Å². The molecule has 0 saturated heterocycles. The summed E-state index contributed by atoms with van der Waals surface area (Å²) < 4.78 is 2.80. The first-order chi connectivity index (χ1) is 31.4. The summed E-state index contributed by atoms with van der Waals surface area (Å²) in [5.74, 6) is 0. The number of rotatable bonds is 3. The molecule has 3 heterocycles. The highest BCUT2D eigenvalue weighted by atomic mass is 32.1. The summed E-state index contributed by atoms with van der Waals surface area (Å²) in [6, 6.07) is 43.9. The van der Waals surface area contributed by atoms with Gasteiger partial charge in [0.25, 0.3) is 6.71 Å². The summed E-state index contributed by atoms with van der Waals surface area (Å²) in [5.41, 5.74) is 23.5. The SMILES string of the molecule is Cc1cc2c3c(c1)N(c1ccc(C(C)(C)C)cc1)c1c(sc4ccc(C(C)(C)C)cc14)B3c1cc3c(cc1N2c1cc2c(cc1-c1ccccc1)C(C)(C)CCC2(C)C)C(C)(C)CCC3(C)C. The lowest BCUT2D eigenvalue weighted by molar-refractivity contribution is 0.332. The molecule has 2 nitrogen and oxygen atoms in total. The molecule has 0 radical (unpaired) electrons. The van der Waals surface area contributed by atoms with Crippen LogP contribution in [0.1, 0.15) is 162 Å². The predicted molar refractivity (Wildman–Crippen MR) is 294 cm³/mol. The van der Waals surface area contributed by atoms with Crippen LogP contribution < -0.4 is 25.5 Å². The Hall–Kier alpha value is -5.06. The average molecular weight is 899 g/mol. The highest BCUT2D eigenvalue weighted by Crippen LogP contribution is 2.55. The standard InChI is InChI=1S/C63H71BN2S/c1-38-31-52-55-53(32-38)66(50-36-47-45(60(8,9)27-29-62(47,12)13)34-43(50)39-19-17-16-18-20-39)51-37-48-46(61(10,11)28-30-63(48,14)15)35-49(51)64(55)57-56(44-33-41(59(5,6)7)23-26-54(44)67-57)65(52)42-24-21-40(22-25-42)58(2,3)4/h16-26,31-37H,27-30H2,1-15H3. The lowest BCUT2D eigenvalue weighted by Crippen LogP contribution is -2.61. The molecule has 0 amide bonds. The van der Waals surface area contributed by atoms with Gasteiger partial charge in [-0.3, -0.25) is 0 Å². The number of anilines is 6. The molecule has 11 rings (SSSR count). The maximum Gasteiger partial charge on any atom is 0.264 e. The highest BCUT2D eigenvalue weighted by Gasteiger charge is 2.49. The zero-order valence-electron chi connectivity index (χ0n) is 43.1. The van der Waals surface area contributed by atoms with Crippen LogP contribution in [0.4, 0.5) is 34.1 Å². The van der Waals surface area contributed by atoms with Crippen LogP contribution in [0.25, 0.3) is 21.2 Å². The molecule has 6 aromatic carbocycles. The van der Waals surface area contributed by atoms with Crippen LogP contribution in [0.15, 0.2) is 109 Å². The van der Waals surface area contributed by atoms with E-state index in [2.05, 4.69) is 223 Å². The molecular weight excluding hydrogens is 828 g/mol. The predicted octanol–water partition coefficient (Wildman–Crippen LogP) is 16.3. The van der Waals surface area contributed by atoms with Gasteiger partial charge >= 0.3 is 0 Å². The summed E-state index contributed by atoms with van der Waals surface area (Å²) in [6.45, 7) is 36.3. The van der Waals surface area contributed by atoms with E-state index < -0.39 is 0 Å². The second kappa shape index (κ2) is 14.5. The topological polar surface area (TPSA) is 6.48 Å². The fourth-order valence-electron chi connectivity index (χ4n) is 12.4. The van der Waals surface area contributed by atoms with E-state index in [0.29, 0.717) is 0 Å². The van der Waals surface area contributed by atoms with Gasteiger partial charge in [-0.05, 0) is 175 Å². The highest BCUT2D eigenvalue weighted by molar-refractivity contribution is 7.33. The molecule has 0 atom stereocenters. The van der Waals surface area contributed by atoms with Gasteiger partial charge in [0, 0.05) is 43.2 Å². The van der Waals surface area contributed by atoms with Crippen molar-refractivity contribution < 1.29 is 0 Å². The maximum atomic E-state index is 2.76. The minimum Gasteiger partial charge on any atom is -0.311 e. The number of thiophene rings is 1. The van der Waals surface area contributed by atoms with Crippen molar-refractivity contribution in [1.29, 1.82) is 0 Å². The number of benzene rings is 6. The van der Waals surface area contributed by atoms with Gasteiger partial charge < -0.3 is 9.80 Å². The summed E-state index contributed by atoms with van der Waals surface area (Å²) in [4.78, 5) is 5.42. The summed E-state index contributed by atoms with van der Waals surface area (Å²) >= 11 is 2.02. The molecule has 0 unspecified atom stereocenters. The average Bonchev–Trinajstić information content (AvgIpc) is 3.64. The normalized spacial score (nSPS) is 18.5. The van der Waals surface area contributed by atoms with E-state index in [4.69, 9.17) is 0 Å². The Balaban J connectivity index is 1.30. The molecule has 0 saturated carbocycles. The monoisotopic (exact) mass is 899 g/mol. The van der Waals surface area contributed by atoms with E-state index in [0.717, 1.165) is 0 Å². The van der Waals surface area contributed by atoms with Gasteiger partial charge in [0.05, 0.1) is 11.4 Å². The first-order valence-electron chi connectivity index (χ1n) is 25.2. The van der Waals surface area contributed by atoms with Crippen molar-refractivity contribution in [2.24, 2.45) is 0 Å². The van der Waals surface area contributed by atoms with Crippen molar-refractivity contribution in [1.82, 2.24) is 0 Å². The van der Waals surface area contributed by atoms with Crippen molar-refractivity contribution in [3.05, 3.63) is 148 Å². The first-order valence-corrected chi connectivity index (χ1v) is 26.0. The molecule has 0 bridgehead atoms. The summed E-state index contributed by atoms with van der Waals surface area (Å²) in [5, 5.41) is 1.36. The Bertz CT molecular complexity index is 3160. The third-order valence-electron chi connectivity index (χ3n) is 16.9. The number of aryl methyl sites for hydroxylation is 1. The van der Waals surface area contributed by atoms with Gasteiger partial charge in [0.15, 0.2) is 0 Å². The van der Waals surface area contributed by atoms with Crippen LogP contribution in [-0.4, -0.2) is 6.71 Å². The first kappa shape index (κ1) is 44.5. The molecule has 7 aromatic rings. The van der Waals surface area contributed by atoms with Crippen molar-refractivity contribution in [3.8, 4) is 11.1 Å². The van der Waals surface area contributed by atoms with E-state index in [-0.39, 0.29) is 39.2 Å². The minimum atomic E-state index is 0.0169. The summed E-state index contributed by atoms with van der Waals surface area (Å²) in [7, 11) is 0. The van der Waals surface area contributed by atoms with Gasteiger partial charge in [-0.25, -0.2) is 0 Å². The lowest BCUT2D eigenvalue weighted by Gasteiger charge is -2.48. The molecule has 67 heavy (non-hydrogen) atoms. The van der Waals surface area contributed by atoms with E-state index in [1.54, 1.807) is 0 Å². The molecule has 0 spiro atoms. The molecule has 4 heteroatoms. The van der Waals surface area contributed by atoms with Crippen LogP contribution in [0.3, 0.4) is 0 Å². The lowest BCUT2D eigenvalue weighted by atomic mass is 9.35. The van der Waals surface area contributed by atoms with Crippen LogP contribution in [0.2, 0.25) is 0 Å². The third-order valence-corrected chi connectivity index (χ3v) is 18.2. The van der Waals surface area contributed by atoms with Crippen molar-refractivity contribution in [2.45, 2.75) is 162 Å². The largest absolute Gasteiger partial charge is 0.311 e. The molecule has 1 aromatic heterocycles. The Morgan fingerprint density at radius 3 is 1.58 bits per heavy atom. The van der Waals surface area contributed by atoms with E-state index in [1.807, 2.05) is 11.3 Å². The van der Waals surface area contributed by atoms with Gasteiger partial charge in [0.2, 0.25) is 0 Å². The molecule has 0 N–H and O–H groups in total. The van der Waals surface area contributed by atoms with E-state index in [9.17, 15) is 0 Å². The fourth-order valence-corrected chi connectivity index (χ4v) is 13.7. The Morgan fingerprint density at radius 2 is 1.01 bits per heavy atom. The second-order valence-corrected chi connectivity index (χ2v) is 26.8. The minimum absolute atomic E-state index is 0.0169. The van der Waals surface area contributed by atoms with Crippen LogP contribution >= 0.6 is 11.3 Å².